The first-order valence-corrected chi connectivity index (χ1v) is 6.54. The molecule has 1 unspecified atom stereocenters. The van der Waals surface area contributed by atoms with Crippen LogP contribution in [0.2, 0.25) is 0 Å². The second kappa shape index (κ2) is 5.33. The van der Waals surface area contributed by atoms with Crippen molar-refractivity contribution in [1.29, 1.82) is 5.26 Å². The van der Waals surface area contributed by atoms with Gasteiger partial charge in [-0.2, -0.15) is 5.26 Å². The van der Waals surface area contributed by atoms with Crippen LogP contribution in [0.4, 0.5) is 0 Å². The van der Waals surface area contributed by atoms with Crippen LogP contribution in [0.1, 0.15) is 25.0 Å². The van der Waals surface area contributed by atoms with Gasteiger partial charge in [0.15, 0.2) is 5.75 Å². The van der Waals surface area contributed by atoms with Crippen LogP contribution in [0.25, 0.3) is 11.0 Å². The minimum absolute atomic E-state index is 0.244. The molecule has 0 bridgehead atoms. The second-order valence-electron chi connectivity index (χ2n) is 4.64. The van der Waals surface area contributed by atoms with Crippen LogP contribution >= 0.6 is 0 Å². The smallest absolute Gasteiger partial charge is 0.246 e. The van der Waals surface area contributed by atoms with Gasteiger partial charge in [0.25, 0.3) is 0 Å². The van der Waals surface area contributed by atoms with Crippen molar-refractivity contribution in [2.75, 3.05) is 13.2 Å². The molecule has 1 aromatic heterocycles. The molecule has 0 amide bonds. The third-order valence-corrected chi connectivity index (χ3v) is 3.36. The lowest BCUT2D eigenvalue weighted by molar-refractivity contribution is 0.0903. The zero-order chi connectivity index (χ0) is 13.1. The Kier molecular flexibility index (Phi) is 3.39. The molecule has 0 N–H and O–H groups in total. The lowest BCUT2D eigenvalue weighted by atomic mass is 10.2. The summed E-state index contributed by atoms with van der Waals surface area (Å²) in [5.74, 6) is 0.796. The summed E-state index contributed by atoms with van der Waals surface area (Å²) >= 11 is 0. The largest absolute Gasteiger partial charge is 0.488 e. The molecular weight excluding hydrogens is 242 g/mol. The zero-order valence-corrected chi connectivity index (χ0v) is 10.6. The highest BCUT2D eigenvalue weighted by Crippen LogP contribution is 2.32. The number of hydrogen-bond acceptors (Lipinski definition) is 4. The SMILES string of the molecule is N#Cc1oc2ccccc2c1OCCC1CCCO1. The molecule has 3 rings (SSSR count). The van der Waals surface area contributed by atoms with Gasteiger partial charge < -0.3 is 13.9 Å². The topological polar surface area (TPSA) is 55.4 Å². The summed E-state index contributed by atoms with van der Waals surface area (Å²) in [6, 6.07) is 9.57. The van der Waals surface area contributed by atoms with Crippen molar-refractivity contribution < 1.29 is 13.9 Å². The summed E-state index contributed by atoms with van der Waals surface area (Å²) in [4.78, 5) is 0. The molecule has 1 aromatic carbocycles. The van der Waals surface area contributed by atoms with Gasteiger partial charge in [-0.15, -0.1) is 0 Å². The van der Waals surface area contributed by atoms with Crippen LogP contribution in [-0.4, -0.2) is 19.3 Å². The molecule has 19 heavy (non-hydrogen) atoms. The summed E-state index contributed by atoms with van der Waals surface area (Å²) in [5, 5.41) is 9.94. The maximum absolute atomic E-state index is 9.08. The van der Waals surface area contributed by atoms with E-state index in [0.29, 0.717) is 24.0 Å². The lowest BCUT2D eigenvalue weighted by Gasteiger charge is -2.09. The minimum Gasteiger partial charge on any atom is -0.488 e. The summed E-state index contributed by atoms with van der Waals surface area (Å²) in [5.41, 5.74) is 0.686. The second-order valence-corrected chi connectivity index (χ2v) is 4.64. The van der Waals surface area contributed by atoms with Crippen LogP contribution in [0.15, 0.2) is 28.7 Å². The Morgan fingerprint density at radius 3 is 3.05 bits per heavy atom. The van der Waals surface area contributed by atoms with E-state index in [4.69, 9.17) is 19.2 Å². The molecule has 1 atom stereocenters. The molecule has 2 heterocycles. The number of benzene rings is 1. The molecule has 0 saturated carbocycles. The Labute approximate surface area is 111 Å². The number of nitriles is 1. The van der Waals surface area contributed by atoms with E-state index in [1.807, 2.05) is 30.3 Å². The Bertz CT molecular complexity index is 605. The first kappa shape index (κ1) is 12.1. The molecule has 1 fully saturated rings. The molecule has 4 heteroatoms. The number of rotatable bonds is 4. The van der Waals surface area contributed by atoms with Crippen LogP contribution in [-0.2, 0) is 4.74 Å². The third-order valence-electron chi connectivity index (χ3n) is 3.36. The van der Waals surface area contributed by atoms with Crippen LogP contribution in [0, 0.1) is 11.3 Å². The number of hydrogen-bond donors (Lipinski definition) is 0. The van der Waals surface area contributed by atoms with E-state index < -0.39 is 0 Å². The number of fused-ring (bicyclic) bond motifs is 1. The van der Waals surface area contributed by atoms with Gasteiger partial charge in [0.1, 0.15) is 11.7 Å². The first-order valence-electron chi connectivity index (χ1n) is 6.54. The lowest BCUT2D eigenvalue weighted by Crippen LogP contribution is -2.10. The fourth-order valence-electron chi connectivity index (χ4n) is 2.40. The number of para-hydroxylation sites is 1. The average molecular weight is 257 g/mol. The van der Waals surface area contributed by atoms with Gasteiger partial charge in [-0.3, -0.25) is 0 Å². The van der Waals surface area contributed by atoms with Crippen molar-refractivity contribution in [1.82, 2.24) is 0 Å². The minimum atomic E-state index is 0.244. The van der Waals surface area contributed by atoms with Gasteiger partial charge in [0, 0.05) is 13.0 Å². The van der Waals surface area contributed by atoms with Crippen molar-refractivity contribution in [2.45, 2.75) is 25.4 Å². The Balaban J connectivity index is 1.74. The van der Waals surface area contributed by atoms with Crippen LogP contribution in [0.5, 0.6) is 5.75 Å². The molecule has 0 radical (unpaired) electrons. The summed E-state index contributed by atoms with van der Waals surface area (Å²) in [6.45, 7) is 1.39. The van der Waals surface area contributed by atoms with Gasteiger partial charge in [-0.25, -0.2) is 0 Å². The van der Waals surface area contributed by atoms with E-state index in [2.05, 4.69) is 0 Å². The highest BCUT2D eigenvalue weighted by molar-refractivity contribution is 5.86. The van der Waals surface area contributed by atoms with Crippen molar-refractivity contribution in [3.8, 4) is 11.8 Å². The molecule has 2 aromatic rings. The fourth-order valence-corrected chi connectivity index (χ4v) is 2.40. The average Bonchev–Trinajstić information content (AvgIpc) is 3.06. The Hall–Kier alpha value is -1.99. The van der Waals surface area contributed by atoms with Gasteiger partial charge in [-0.05, 0) is 25.0 Å². The van der Waals surface area contributed by atoms with Crippen LogP contribution < -0.4 is 4.74 Å². The highest BCUT2D eigenvalue weighted by Gasteiger charge is 2.18. The van der Waals surface area contributed by atoms with E-state index >= 15 is 0 Å². The van der Waals surface area contributed by atoms with Crippen molar-refractivity contribution in [3.05, 3.63) is 30.0 Å². The van der Waals surface area contributed by atoms with Gasteiger partial charge >= 0.3 is 0 Å². The maximum Gasteiger partial charge on any atom is 0.246 e. The summed E-state index contributed by atoms with van der Waals surface area (Å²) < 4.78 is 16.7. The standard InChI is InChI=1S/C15H15NO3/c16-10-14-15(12-5-1-2-6-13(12)19-14)18-9-7-11-4-3-8-17-11/h1-2,5-6,11H,3-4,7-9H2. The van der Waals surface area contributed by atoms with E-state index in [9.17, 15) is 0 Å². The molecule has 1 aliphatic heterocycles. The van der Waals surface area contributed by atoms with Crippen molar-refractivity contribution in [3.63, 3.8) is 0 Å². The third kappa shape index (κ3) is 2.42. The van der Waals surface area contributed by atoms with Gasteiger partial charge in [0.05, 0.1) is 18.1 Å². The molecule has 0 spiro atoms. The zero-order valence-electron chi connectivity index (χ0n) is 10.6. The monoisotopic (exact) mass is 257 g/mol. The maximum atomic E-state index is 9.08. The highest BCUT2D eigenvalue weighted by atomic mass is 16.5. The predicted octanol–water partition coefficient (Wildman–Crippen LogP) is 3.25. The number of nitrogens with zero attached hydrogens (tertiary/aromatic N) is 1. The van der Waals surface area contributed by atoms with E-state index in [1.165, 1.54) is 0 Å². The molecule has 98 valence electrons. The molecule has 1 saturated heterocycles. The molecular formula is C15H15NO3. The summed E-state index contributed by atoms with van der Waals surface area (Å²) in [7, 11) is 0. The quantitative estimate of drug-likeness (QED) is 0.843. The van der Waals surface area contributed by atoms with Crippen LogP contribution in [0.3, 0.4) is 0 Å². The van der Waals surface area contributed by atoms with E-state index in [-0.39, 0.29) is 5.76 Å². The number of ether oxygens (including phenoxy) is 2. The van der Waals surface area contributed by atoms with Crippen molar-refractivity contribution in [2.24, 2.45) is 0 Å². The number of furan rings is 1. The van der Waals surface area contributed by atoms with E-state index in [1.54, 1.807) is 0 Å². The Morgan fingerprint density at radius 2 is 2.26 bits per heavy atom. The molecule has 4 nitrogen and oxygen atoms in total. The summed E-state index contributed by atoms with van der Waals surface area (Å²) in [6.07, 6.45) is 3.37. The van der Waals surface area contributed by atoms with Gasteiger partial charge in [0.2, 0.25) is 5.76 Å². The molecule has 0 aliphatic carbocycles. The van der Waals surface area contributed by atoms with Crippen molar-refractivity contribution >= 4 is 11.0 Å². The van der Waals surface area contributed by atoms with Gasteiger partial charge in [-0.1, -0.05) is 12.1 Å². The normalized spacial score (nSPS) is 18.6. The Morgan fingerprint density at radius 1 is 1.37 bits per heavy atom. The fraction of sp³-hybridized carbons (Fsp3) is 0.400. The van der Waals surface area contributed by atoms with E-state index in [0.717, 1.165) is 31.3 Å². The molecule has 1 aliphatic rings. The predicted molar refractivity (Wildman–Crippen MR) is 70.0 cm³/mol. The first-order chi connectivity index (χ1) is 9.38.